The largest absolute Gasteiger partial charge is 0.315 e. The molecular formula is C13H23N2+. The van der Waals surface area contributed by atoms with E-state index in [1.807, 2.05) is 0 Å². The normalized spacial score (nSPS) is 67.2. The summed E-state index contributed by atoms with van der Waals surface area (Å²) >= 11 is 0. The van der Waals surface area contributed by atoms with E-state index < -0.39 is 0 Å². The van der Waals surface area contributed by atoms with Crippen LogP contribution in [0.1, 0.15) is 46.5 Å². The first kappa shape index (κ1) is 9.00. The van der Waals surface area contributed by atoms with Crippen LogP contribution in [0.15, 0.2) is 0 Å². The van der Waals surface area contributed by atoms with Gasteiger partial charge in [0.1, 0.15) is 11.1 Å². The predicted octanol–water partition coefficient (Wildman–Crippen LogP) is 1.64. The van der Waals surface area contributed by atoms with E-state index in [0.717, 1.165) is 12.0 Å². The molecule has 4 rings (SSSR count). The number of hydrogen-bond acceptors (Lipinski definition) is 1. The Hall–Kier alpha value is -0.0800. The molecule has 3 heterocycles. The van der Waals surface area contributed by atoms with E-state index in [2.05, 4.69) is 20.8 Å². The molecule has 4 aliphatic rings. The van der Waals surface area contributed by atoms with Crippen LogP contribution in [0.3, 0.4) is 0 Å². The molecule has 2 heteroatoms. The summed E-state index contributed by atoms with van der Waals surface area (Å²) < 4.78 is 1.41. The van der Waals surface area contributed by atoms with Gasteiger partial charge in [0.05, 0.1) is 12.5 Å². The monoisotopic (exact) mass is 207 g/mol. The Morgan fingerprint density at radius 2 is 2.13 bits per heavy atom. The van der Waals surface area contributed by atoms with Crippen molar-refractivity contribution in [3.8, 4) is 0 Å². The smallest absolute Gasteiger partial charge is 0.170 e. The third-order valence-corrected chi connectivity index (χ3v) is 7.14. The summed E-state index contributed by atoms with van der Waals surface area (Å²) in [6.45, 7) is 8.71. The molecular weight excluding hydrogens is 184 g/mol. The van der Waals surface area contributed by atoms with Gasteiger partial charge in [0, 0.05) is 6.42 Å². The molecule has 5 unspecified atom stereocenters. The minimum absolute atomic E-state index is 0.175. The van der Waals surface area contributed by atoms with E-state index in [1.165, 1.54) is 36.7 Å². The Labute approximate surface area is 92.4 Å². The molecule has 0 aromatic heterocycles. The zero-order valence-corrected chi connectivity index (χ0v) is 10.2. The second kappa shape index (κ2) is 1.91. The zero-order chi connectivity index (χ0) is 10.7. The fraction of sp³-hybridized carbons (Fsp3) is 1.00. The Kier molecular flexibility index (Phi) is 1.14. The minimum Gasteiger partial charge on any atom is -0.315 e. The van der Waals surface area contributed by atoms with Crippen molar-refractivity contribution in [2.45, 2.75) is 69.1 Å². The van der Waals surface area contributed by atoms with Gasteiger partial charge < -0.3 is 5.73 Å². The van der Waals surface area contributed by atoms with Crippen molar-refractivity contribution in [1.82, 2.24) is 0 Å². The fourth-order valence-corrected chi connectivity index (χ4v) is 6.51. The summed E-state index contributed by atoms with van der Waals surface area (Å²) in [7, 11) is 0. The molecule has 4 fully saturated rings. The summed E-state index contributed by atoms with van der Waals surface area (Å²) in [5.74, 6) is 1.01. The molecule has 0 aromatic carbocycles. The highest BCUT2D eigenvalue weighted by Gasteiger charge is 3.06. The van der Waals surface area contributed by atoms with Crippen molar-refractivity contribution < 1.29 is 4.48 Å². The average molecular weight is 207 g/mol. The maximum atomic E-state index is 6.76. The van der Waals surface area contributed by atoms with E-state index in [4.69, 9.17) is 5.73 Å². The van der Waals surface area contributed by atoms with Gasteiger partial charge in [-0.3, -0.25) is 4.48 Å². The van der Waals surface area contributed by atoms with E-state index in [0.29, 0.717) is 11.1 Å². The highest BCUT2D eigenvalue weighted by molar-refractivity contribution is 5.38. The molecule has 1 saturated carbocycles. The predicted molar refractivity (Wildman–Crippen MR) is 60.3 cm³/mol. The summed E-state index contributed by atoms with van der Waals surface area (Å²) in [5.41, 5.74) is 7.95. The summed E-state index contributed by atoms with van der Waals surface area (Å²) in [6, 6.07) is 0.845. The Morgan fingerprint density at radius 1 is 1.40 bits per heavy atom. The zero-order valence-electron chi connectivity index (χ0n) is 10.2. The van der Waals surface area contributed by atoms with Crippen LogP contribution in [0.2, 0.25) is 0 Å². The maximum absolute atomic E-state index is 6.76. The Morgan fingerprint density at radius 3 is 2.80 bits per heavy atom. The van der Waals surface area contributed by atoms with Gasteiger partial charge in [-0.05, 0) is 26.7 Å². The van der Waals surface area contributed by atoms with Gasteiger partial charge in [0.25, 0.3) is 0 Å². The van der Waals surface area contributed by atoms with Crippen LogP contribution in [0.25, 0.3) is 0 Å². The standard InChI is InChI=1S/C13H23N2/c1-4-12-9-6-5-7-13(14)10(12)15(12,8-9)11(13,2)3/h9-10H,4-8,14H2,1-3H3/q+1. The highest BCUT2D eigenvalue weighted by atomic mass is 15.7. The number of quaternary nitrogens is 1. The lowest BCUT2D eigenvalue weighted by atomic mass is 9.66. The molecule has 2 nitrogen and oxygen atoms in total. The first-order chi connectivity index (χ1) is 6.99. The average Bonchev–Trinajstić information content (AvgIpc) is 2.67. The van der Waals surface area contributed by atoms with E-state index in [9.17, 15) is 0 Å². The fourth-order valence-electron chi connectivity index (χ4n) is 6.51. The van der Waals surface area contributed by atoms with Crippen LogP contribution >= 0.6 is 0 Å². The number of rotatable bonds is 1. The molecule has 0 aromatic rings. The van der Waals surface area contributed by atoms with Crippen molar-refractivity contribution in [2.24, 2.45) is 11.7 Å². The molecule has 3 saturated heterocycles. The molecule has 15 heavy (non-hydrogen) atoms. The van der Waals surface area contributed by atoms with Gasteiger partial charge >= 0.3 is 0 Å². The van der Waals surface area contributed by atoms with Crippen molar-refractivity contribution in [2.75, 3.05) is 6.54 Å². The molecule has 2 N–H and O–H groups in total. The second-order valence-corrected chi connectivity index (χ2v) is 6.99. The third-order valence-electron chi connectivity index (χ3n) is 7.14. The Balaban J connectivity index is 1.90. The Bertz CT molecular complexity index is 356. The third kappa shape index (κ3) is 0.484. The van der Waals surface area contributed by atoms with Crippen molar-refractivity contribution in [1.29, 1.82) is 0 Å². The highest BCUT2D eigenvalue weighted by Crippen LogP contribution is 2.84. The molecule has 0 radical (unpaired) electrons. The molecule has 1 aliphatic carbocycles. The molecule has 84 valence electrons. The van der Waals surface area contributed by atoms with Gasteiger partial charge in [-0.25, -0.2) is 0 Å². The molecule has 0 bridgehead atoms. The lowest BCUT2D eigenvalue weighted by Crippen LogP contribution is -2.83. The summed E-state index contributed by atoms with van der Waals surface area (Å²) in [6.07, 6.45) is 5.48. The first-order valence-electron chi connectivity index (χ1n) is 6.66. The van der Waals surface area contributed by atoms with Gasteiger partial charge in [0.2, 0.25) is 0 Å². The number of hydrogen-bond donors (Lipinski definition) is 1. The van der Waals surface area contributed by atoms with E-state index >= 15 is 0 Å². The van der Waals surface area contributed by atoms with Crippen LogP contribution < -0.4 is 5.73 Å². The van der Waals surface area contributed by atoms with Crippen LogP contribution in [0.5, 0.6) is 0 Å². The number of nitrogens with two attached hydrogens (primary N) is 1. The van der Waals surface area contributed by atoms with Crippen molar-refractivity contribution in [3.63, 3.8) is 0 Å². The van der Waals surface area contributed by atoms with Gasteiger partial charge in [-0.15, -0.1) is 0 Å². The van der Waals surface area contributed by atoms with Crippen LogP contribution in [-0.4, -0.2) is 33.7 Å². The SMILES string of the molecule is CCC12C3CCCC4(N)C1[N+]2(C3)C4(C)C. The molecule has 1 spiro atoms. The lowest BCUT2D eigenvalue weighted by Gasteiger charge is -2.62. The summed E-state index contributed by atoms with van der Waals surface area (Å²) in [4.78, 5) is 0. The van der Waals surface area contributed by atoms with Crippen LogP contribution in [0, 0.1) is 5.92 Å². The maximum Gasteiger partial charge on any atom is 0.170 e. The van der Waals surface area contributed by atoms with Crippen molar-refractivity contribution >= 4 is 0 Å². The van der Waals surface area contributed by atoms with Gasteiger partial charge in [-0.2, -0.15) is 0 Å². The molecule has 0 amide bonds. The van der Waals surface area contributed by atoms with Gasteiger partial charge in [-0.1, -0.05) is 13.3 Å². The van der Waals surface area contributed by atoms with Gasteiger partial charge in [0.15, 0.2) is 11.6 Å². The lowest BCUT2D eigenvalue weighted by molar-refractivity contribution is -0.974. The minimum atomic E-state index is 0.175. The van der Waals surface area contributed by atoms with Crippen LogP contribution in [0.4, 0.5) is 0 Å². The van der Waals surface area contributed by atoms with E-state index in [-0.39, 0.29) is 5.54 Å². The first-order valence-corrected chi connectivity index (χ1v) is 6.66. The number of nitrogens with zero attached hydrogens (tertiary/aromatic N) is 1. The quantitative estimate of drug-likeness (QED) is 0.513. The second-order valence-electron chi connectivity index (χ2n) is 6.99. The molecule has 5 atom stereocenters. The van der Waals surface area contributed by atoms with Crippen LogP contribution in [-0.2, 0) is 0 Å². The van der Waals surface area contributed by atoms with E-state index in [1.54, 1.807) is 0 Å². The van der Waals surface area contributed by atoms with Crippen molar-refractivity contribution in [3.05, 3.63) is 0 Å². The summed E-state index contributed by atoms with van der Waals surface area (Å²) in [5, 5.41) is 0. The topological polar surface area (TPSA) is 26.0 Å². The molecule has 3 aliphatic heterocycles.